The van der Waals surface area contributed by atoms with Crippen LogP contribution in [-0.4, -0.2) is 43.9 Å². The largest absolute Gasteiger partial charge is 0.383 e. The van der Waals surface area contributed by atoms with Crippen molar-refractivity contribution in [3.8, 4) is 0 Å². The molecule has 2 heterocycles. The van der Waals surface area contributed by atoms with Crippen LogP contribution in [0.2, 0.25) is 5.02 Å². The minimum absolute atomic E-state index is 0.0603. The molecule has 0 spiro atoms. The van der Waals surface area contributed by atoms with Crippen molar-refractivity contribution in [1.82, 2.24) is 10.6 Å². The lowest BCUT2D eigenvalue weighted by Crippen LogP contribution is -2.48. The van der Waals surface area contributed by atoms with Gasteiger partial charge in [-0.05, 0) is 66.8 Å². The van der Waals surface area contributed by atoms with Crippen LogP contribution in [0.4, 0.5) is 0 Å². The number of nitrogens with one attached hydrogen (secondary N) is 2. The van der Waals surface area contributed by atoms with Gasteiger partial charge < -0.3 is 20.5 Å². The van der Waals surface area contributed by atoms with Crippen LogP contribution in [0, 0.1) is 0 Å². The summed E-state index contributed by atoms with van der Waals surface area (Å²) in [5.41, 5.74) is 1.06. The second-order valence-corrected chi connectivity index (χ2v) is 8.95. The summed E-state index contributed by atoms with van der Waals surface area (Å²) in [6.07, 6.45) is 1.85. The maximum atomic E-state index is 10.8. The second-order valence-electron chi connectivity index (χ2n) is 7.74. The molecule has 1 aliphatic heterocycles. The predicted molar refractivity (Wildman–Crippen MR) is 121 cm³/mol. The molecule has 1 atom stereocenters. The van der Waals surface area contributed by atoms with Gasteiger partial charge in [-0.25, -0.2) is 4.99 Å². The van der Waals surface area contributed by atoms with Crippen LogP contribution < -0.4 is 10.6 Å². The lowest BCUT2D eigenvalue weighted by atomic mass is 9.74. The molecule has 0 aliphatic carbocycles. The Morgan fingerprint density at radius 2 is 2.10 bits per heavy atom. The minimum Gasteiger partial charge on any atom is -0.383 e. The van der Waals surface area contributed by atoms with Crippen LogP contribution >= 0.6 is 22.9 Å². The Morgan fingerprint density at radius 1 is 1.31 bits per heavy atom. The monoisotopic (exact) mass is 435 g/mol. The summed E-state index contributed by atoms with van der Waals surface area (Å²) in [4.78, 5) is 4.66. The highest BCUT2D eigenvalue weighted by atomic mass is 35.5. The van der Waals surface area contributed by atoms with Crippen molar-refractivity contribution in [2.75, 3.05) is 32.8 Å². The van der Waals surface area contributed by atoms with E-state index >= 15 is 0 Å². The fourth-order valence-corrected chi connectivity index (χ4v) is 4.61. The first kappa shape index (κ1) is 22.1. The third-order valence-electron chi connectivity index (χ3n) is 5.51. The van der Waals surface area contributed by atoms with Crippen LogP contribution in [-0.2, 0) is 15.8 Å². The summed E-state index contributed by atoms with van der Waals surface area (Å²) in [7, 11) is 0. The highest BCUT2D eigenvalue weighted by molar-refractivity contribution is 7.08. The average Bonchev–Trinajstić information content (AvgIpc) is 3.27. The van der Waals surface area contributed by atoms with Gasteiger partial charge in [-0.1, -0.05) is 23.7 Å². The molecular formula is C22H30ClN3O2S. The van der Waals surface area contributed by atoms with E-state index in [2.05, 4.69) is 27.8 Å². The molecule has 0 amide bonds. The molecule has 158 valence electrons. The number of thiophene rings is 1. The maximum absolute atomic E-state index is 10.8. The first-order chi connectivity index (χ1) is 14.0. The number of ether oxygens (including phenoxy) is 1. The van der Waals surface area contributed by atoms with E-state index in [1.54, 1.807) is 18.3 Å². The molecule has 0 radical (unpaired) electrons. The van der Waals surface area contributed by atoms with Gasteiger partial charge in [-0.2, -0.15) is 11.3 Å². The van der Waals surface area contributed by atoms with Gasteiger partial charge in [0.25, 0.3) is 0 Å². The van der Waals surface area contributed by atoms with E-state index in [0.29, 0.717) is 5.96 Å². The Balaban J connectivity index is 1.75. The van der Waals surface area contributed by atoms with Crippen molar-refractivity contribution < 1.29 is 9.84 Å². The van der Waals surface area contributed by atoms with Gasteiger partial charge in [0, 0.05) is 36.7 Å². The molecule has 7 heteroatoms. The summed E-state index contributed by atoms with van der Waals surface area (Å²) in [6.45, 7) is 7.06. The number of aliphatic imine (C=N–C) groups is 1. The summed E-state index contributed by atoms with van der Waals surface area (Å²) >= 11 is 7.85. The van der Waals surface area contributed by atoms with Gasteiger partial charge in [-0.15, -0.1) is 0 Å². The highest BCUT2D eigenvalue weighted by Gasteiger charge is 2.35. The topological polar surface area (TPSA) is 65.9 Å². The molecule has 1 saturated heterocycles. The van der Waals surface area contributed by atoms with E-state index in [9.17, 15) is 5.11 Å². The van der Waals surface area contributed by atoms with Gasteiger partial charge in [0.15, 0.2) is 5.96 Å². The average molecular weight is 436 g/mol. The van der Waals surface area contributed by atoms with Crippen LogP contribution in [0.1, 0.15) is 37.8 Å². The quantitative estimate of drug-likeness (QED) is 0.455. The smallest absolute Gasteiger partial charge is 0.191 e. The molecule has 29 heavy (non-hydrogen) atoms. The zero-order valence-corrected chi connectivity index (χ0v) is 18.7. The molecule has 0 saturated carbocycles. The number of nitrogens with zero attached hydrogens (tertiary/aromatic N) is 1. The Bertz CT molecular complexity index is 802. The van der Waals surface area contributed by atoms with E-state index in [4.69, 9.17) is 16.3 Å². The molecule has 3 N–H and O–H groups in total. The summed E-state index contributed by atoms with van der Waals surface area (Å²) < 4.78 is 5.63. The van der Waals surface area contributed by atoms with Crippen molar-refractivity contribution >= 4 is 28.9 Å². The molecule has 1 aromatic carbocycles. The number of aliphatic hydroxyl groups is 1. The zero-order valence-electron chi connectivity index (χ0n) is 17.1. The maximum Gasteiger partial charge on any atom is 0.191 e. The lowest BCUT2D eigenvalue weighted by molar-refractivity contribution is 0.0513. The highest BCUT2D eigenvalue weighted by Crippen LogP contribution is 2.35. The van der Waals surface area contributed by atoms with Crippen LogP contribution in [0.5, 0.6) is 0 Å². The second kappa shape index (κ2) is 9.94. The molecular weight excluding hydrogens is 406 g/mol. The van der Waals surface area contributed by atoms with Gasteiger partial charge >= 0.3 is 0 Å². The van der Waals surface area contributed by atoms with E-state index < -0.39 is 5.60 Å². The van der Waals surface area contributed by atoms with E-state index in [1.165, 1.54) is 5.56 Å². The normalized spacial score (nSPS) is 18.8. The SMILES string of the molecule is CCNC(=NCC(C)(O)c1ccsc1)NCC1(c2cccc(Cl)c2)CCOCC1. The van der Waals surface area contributed by atoms with Gasteiger partial charge in [0.1, 0.15) is 5.60 Å². The number of guanidine groups is 1. The molecule has 5 nitrogen and oxygen atoms in total. The van der Waals surface area contributed by atoms with E-state index in [0.717, 1.165) is 49.7 Å². The predicted octanol–water partition coefficient (Wildman–Crippen LogP) is 3.91. The molecule has 3 rings (SSSR count). The Morgan fingerprint density at radius 3 is 2.76 bits per heavy atom. The van der Waals surface area contributed by atoms with Gasteiger partial charge in [0.2, 0.25) is 0 Å². The van der Waals surface area contributed by atoms with Crippen molar-refractivity contribution in [3.05, 3.63) is 57.2 Å². The van der Waals surface area contributed by atoms with Crippen molar-refractivity contribution in [3.63, 3.8) is 0 Å². The number of benzene rings is 1. The molecule has 1 fully saturated rings. The van der Waals surface area contributed by atoms with Gasteiger partial charge in [0.05, 0.1) is 6.54 Å². The third kappa shape index (κ3) is 5.72. The van der Waals surface area contributed by atoms with E-state index in [1.807, 2.05) is 35.9 Å². The van der Waals surface area contributed by atoms with Crippen molar-refractivity contribution in [1.29, 1.82) is 0 Å². The zero-order chi connectivity index (χ0) is 20.7. The molecule has 0 bridgehead atoms. The molecule has 1 aliphatic rings. The Hall–Kier alpha value is -1.60. The van der Waals surface area contributed by atoms with E-state index in [-0.39, 0.29) is 12.0 Å². The standard InChI is InChI=1S/C22H30ClN3O2S/c1-3-24-20(25-15-21(2,27)18-7-12-29-14-18)26-16-22(8-10-28-11-9-22)17-5-4-6-19(23)13-17/h4-7,12-14,27H,3,8-11,15-16H2,1-2H3,(H2,24,25,26). The number of hydrogen-bond acceptors (Lipinski definition) is 4. The Kier molecular flexibility index (Phi) is 7.57. The van der Waals surface area contributed by atoms with Crippen LogP contribution in [0.3, 0.4) is 0 Å². The lowest BCUT2D eigenvalue weighted by Gasteiger charge is -2.38. The summed E-state index contributed by atoms with van der Waals surface area (Å²) in [6, 6.07) is 10.1. The number of halogens is 1. The number of hydrogen-bond donors (Lipinski definition) is 3. The van der Waals surface area contributed by atoms with Crippen molar-refractivity contribution in [2.24, 2.45) is 4.99 Å². The molecule has 2 aromatic rings. The Labute approximate surface area is 182 Å². The van der Waals surface area contributed by atoms with Crippen LogP contribution in [0.25, 0.3) is 0 Å². The summed E-state index contributed by atoms with van der Waals surface area (Å²) in [5, 5.41) is 22.3. The fraction of sp³-hybridized carbons (Fsp3) is 0.500. The van der Waals surface area contributed by atoms with Crippen LogP contribution in [0.15, 0.2) is 46.1 Å². The minimum atomic E-state index is -0.994. The summed E-state index contributed by atoms with van der Waals surface area (Å²) in [5.74, 6) is 0.705. The third-order valence-corrected chi connectivity index (χ3v) is 6.43. The fourth-order valence-electron chi connectivity index (χ4n) is 3.64. The van der Waals surface area contributed by atoms with Gasteiger partial charge in [-0.3, -0.25) is 0 Å². The first-order valence-corrected chi connectivity index (χ1v) is 11.4. The molecule has 1 unspecified atom stereocenters. The number of rotatable bonds is 7. The first-order valence-electron chi connectivity index (χ1n) is 10.1. The molecule has 1 aromatic heterocycles. The van der Waals surface area contributed by atoms with Crippen molar-refractivity contribution in [2.45, 2.75) is 37.7 Å².